The summed E-state index contributed by atoms with van der Waals surface area (Å²) in [6, 6.07) is 18.8. The van der Waals surface area contributed by atoms with Gasteiger partial charge in [0.05, 0.1) is 26.7 Å². The fraction of sp³-hybridized carbons (Fsp3) is 0.417. The third kappa shape index (κ3) is 4.08. The molecule has 0 unspecified atom stereocenters. The van der Waals surface area contributed by atoms with Gasteiger partial charge in [-0.3, -0.25) is 0 Å². The van der Waals surface area contributed by atoms with Crippen molar-refractivity contribution in [2.45, 2.75) is 32.4 Å². The van der Waals surface area contributed by atoms with E-state index >= 15 is 0 Å². The highest BCUT2D eigenvalue weighted by molar-refractivity contribution is 5.87. The molecule has 148 valence electrons. The lowest BCUT2D eigenvalue weighted by molar-refractivity contribution is -0.909. The minimum absolute atomic E-state index is 0.351. The Morgan fingerprint density at radius 3 is 2.54 bits per heavy atom. The van der Waals surface area contributed by atoms with E-state index in [1.54, 1.807) is 7.11 Å². The van der Waals surface area contributed by atoms with Crippen molar-refractivity contribution in [2.24, 2.45) is 5.92 Å². The molecular formula is C24H31N2O2+. The number of nitrogens with zero attached hydrogens (tertiary/aromatic N) is 1. The first kappa shape index (κ1) is 19.0. The number of hydrogen-bond donors (Lipinski definition) is 2. The molecule has 1 aliphatic rings. The molecule has 1 aliphatic heterocycles. The van der Waals surface area contributed by atoms with Crippen molar-refractivity contribution < 1.29 is 14.7 Å². The van der Waals surface area contributed by atoms with Crippen molar-refractivity contribution in [1.82, 2.24) is 4.57 Å². The van der Waals surface area contributed by atoms with E-state index in [0.29, 0.717) is 6.54 Å². The number of nitrogens with one attached hydrogen (secondary N) is 1. The van der Waals surface area contributed by atoms with Crippen molar-refractivity contribution in [1.29, 1.82) is 0 Å². The number of quaternary nitrogens is 1. The second-order valence-electron chi connectivity index (χ2n) is 8.22. The van der Waals surface area contributed by atoms with Gasteiger partial charge in [0.25, 0.3) is 0 Å². The van der Waals surface area contributed by atoms with Crippen LogP contribution >= 0.6 is 0 Å². The predicted octanol–water partition coefficient (Wildman–Crippen LogP) is 2.99. The second-order valence-corrected chi connectivity index (χ2v) is 8.22. The maximum Gasteiger partial charge on any atom is 0.121 e. The van der Waals surface area contributed by atoms with Gasteiger partial charge in [0.2, 0.25) is 0 Å². The lowest BCUT2D eigenvalue weighted by Crippen LogP contribution is -3.14. The molecule has 1 saturated heterocycles. The van der Waals surface area contributed by atoms with E-state index in [1.165, 1.54) is 41.7 Å². The summed E-state index contributed by atoms with van der Waals surface area (Å²) in [5.74, 6) is 1.69. The largest absolute Gasteiger partial charge is 0.497 e. The van der Waals surface area contributed by atoms with Gasteiger partial charge in [-0.2, -0.15) is 0 Å². The van der Waals surface area contributed by atoms with E-state index in [0.717, 1.165) is 29.5 Å². The topological polar surface area (TPSA) is 38.8 Å². The van der Waals surface area contributed by atoms with Crippen LogP contribution in [0.5, 0.6) is 5.75 Å². The molecule has 0 spiro atoms. The van der Waals surface area contributed by atoms with Crippen LogP contribution in [0.25, 0.3) is 22.2 Å². The Labute approximate surface area is 167 Å². The first-order chi connectivity index (χ1) is 13.6. The number of aliphatic hydroxyl groups is 1. The average molecular weight is 380 g/mol. The van der Waals surface area contributed by atoms with Crippen molar-refractivity contribution >= 4 is 10.9 Å². The molecule has 4 rings (SSSR count). The molecule has 28 heavy (non-hydrogen) atoms. The van der Waals surface area contributed by atoms with Crippen LogP contribution in [0.4, 0.5) is 0 Å². The zero-order valence-corrected chi connectivity index (χ0v) is 16.9. The van der Waals surface area contributed by atoms with Gasteiger partial charge in [-0.25, -0.2) is 0 Å². The zero-order valence-electron chi connectivity index (χ0n) is 16.9. The van der Waals surface area contributed by atoms with Gasteiger partial charge in [-0.05, 0) is 60.7 Å². The number of methoxy groups -OCH3 is 1. The second kappa shape index (κ2) is 8.38. The Morgan fingerprint density at radius 2 is 1.82 bits per heavy atom. The number of para-hydroxylation sites is 1. The molecule has 1 fully saturated rings. The zero-order chi connectivity index (χ0) is 19.5. The summed E-state index contributed by atoms with van der Waals surface area (Å²) in [7, 11) is 1.69. The normalized spacial score (nSPS) is 21.0. The number of rotatable bonds is 6. The van der Waals surface area contributed by atoms with E-state index in [2.05, 4.69) is 54.0 Å². The monoisotopic (exact) mass is 379 g/mol. The van der Waals surface area contributed by atoms with Crippen LogP contribution < -0.4 is 9.64 Å². The van der Waals surface area contributed by atoms with Crippen LogP contribution in [-0.4, -0.2) is 42.5 Å². The van der Waals surface area contributed by atoms with Crippen LogP contribution in [0.2, 0.25) is 0 Å². The highest BCUT2D eigenvalue weighted by atomic mass is 16.5. The smallest absolute Gasteiger partial charge is 0.121 e. The summed E-state index contributed by atoms with van der Waals surface area (Å²) in [5.41, 5.74) is 3.46. The molecule has 0 radical (unpaired) electrons. The summed E-state index contributed by atoms with van der Waals surface area (Å²) in [6.45, 7) is 6.13. The molecule has 0 saturated carbocycles. The number of piperidine rings is 1. The highest BCUT2D eigenvalue weighted by Gasteiger charge is 2.23. The summed E-state index contributed by atoms with van der Waals surface area (Å²) >= 11 is 0. The number of aromatic nitrogens is 1. The Kier molecular flexibility index (Phi) is 5.69. The quantitative estimate of drug-likeness (QED) is 0.691. The van der Waals surface area contributed by atoms with Crippen molar-refractivity contribution in [2.75, 3.05) is 26.7 Å². The number of hydrogen-bond acceptors (Lipinski definition) is 2. The number of fused-ring (bicyclic) bond motifs is 1. The van der Waals surface area contributed by atoms with Gasteiger partial charge in [0.1, 0.15) is 18.4 Å². The first-order valence-electron chi connectivity index (χ1n) is 10.4. The van der Waals surface area contributed by atoms with Gasteiger partial charge in [0, 0.05) is 16.6 Å². The lowest BCUT2D eigenvalue weighted by Gasteiger charge is -2.29. The van der Waals surface area contributed by atoms with Gasteiger partial charge >= 0.3 is 0 Å². The Bertz CT molecular complexity index is 908. The molecule has 0 aliphatic carbocycles. The van der Waals surface area contributed by atoms with Gasteiger partial charge in [-0.1, -0.05) is 25.1 Å². The molecule has 4 nitrogen and oxygen atoms in total. The van der Waals surface area contributed by atoms with Crippen molar-refractivity contribution in [3.05, 3.63) is 54.6 Å². The molecule has 2 aromatic carbocycles. The standard InChI is InChI=1S/C24H30N2O2/c1-18-11-13-25(14-12-18)16-21(27)17-26-23-6-4-3-5-20(23)15-24(26)19-7-9-22(28-2)10-8-19/h3-10,15,18,21,27H,11-14,16-17H2,1-2H3/p+1/t21-/m0/s1. The van der Waals surface area contributed by atoms with Crippen molar-refractivity contribution in [3.63, 3.8) is 0 Å². The van der Waals surface area contributed by atoms with Gasteiger partial charge < -0.3 is 19.3 Å². The van der Waals surface area contributed by atoms with Crippen LogP contribution in [0.3, 0.4) is 0 Å². The molecule has 0 bridgehead atoms. The third-order valence-corrected chi connectivity index (χ3v) is 6.10. The number of benzene rings is 2. The average Bonchev–Trinajstić information content (AvgIpc) is 3.08. The first-order valence-corrected chi connectivity index (χ1v) is 10.4. The number of aliphatic hydroxyl groups excluding tert-OH is 1. The number of ether oxygens (including phenoxy) is 1. The molecule has 1 atom stereocenters. The minimum Gasteiger partial charge on any atom is -0.497 e. The summed E-state index contributed by atoms with van der Waals surface area (Å²) in [4.78, 5) is 1.54. The summed E-state index contributed by atoms with van der Waals surface area (Å²) < 4.78 is 7.57. The van der Waals surface area contributed by atoms with E-state index in [9.17, 15) is 5.11 Å². The Hall–Kier alpha value is -2.30. The minimum atomic E-state index is -0.351. The lowest BCUT2D eigenvalue weighted by atomic mass is 9.99. The van der Waals surface area contributed by atoms with Crippen LogP contribution in [-0.2, 0) is 6.54 Å². The van der Waals surface area contributed by atoms with Gasteiger partial charge in [-0.15, -0.1) is 0 Å². The Balaban J connectivity index is 1.59. The van der Waals surface area contributed by atoms with Crippen molar-refractivity contribution in [3.8, 4) is 17.0 Å². The molecule has 1 aromatic heterocycles. The molecule has 4 heteroatoms. The third-order valence-electron chi connectivity index (χ3n) is 6.10. The SMILES string of the molecule is COc1ccc(-c2cc3ccccc3n2C[C@@H](O)C[NH+]2CCC(C)CC2)cc1. The van der Waals surface area contributed by atoms with Crippen LogP contribution in [0, 0.1) is 5.92 Å². The molecule has 2 heterocycles. The summed E-state index contributed by atoms with van der Waals surface area (Å²) in [6.07, 6.45) is 2.19. The maximum absolute atomic E-state index is 10.9. The highest BCUT2D eigenvalue weighted by Crippen LogP contribution is 2.29. The Morgan fingerprint density at radius 1 is 1.11 bits per heavy atom. The van der Waals surface area contributed by atoms with E-state index in [-0.39, 0.29) is 6.10 Å². The predicted molar refractivity (Wildman–Crippen MR) is 114 cm³/mol. The van der Waals surface area contributed by atoms with E-state index in [1.807, 2.05) is 12.1 Å². The molecule has 0 amide bonds. The molecule has 2 N–H and O–H groups in total. The van der Waals surface area contributed by atoms with E-state index < -0.39 is 0 Å². The fourth-order valence-corrected chi connectivity index (χ4v) is 4.39. The number of likely N-dealkylation sites (tertiary alicyclic amines) is 1. The molecule has 3 aromatic rings. The molecular weight excluding hydrogens is 348 g/mol. The maximum atomic E-state index is 10.9. The summed E-state index contributed by atoms with van der Waals surface area (Å²) in [5, 5.41) is 12.1. The van der Waals surface area contributed by atoms with Crippen LogP contribution in [0.15, 0.2) is 54.6 Å². The fourth-order valence-electron chi connectivity index (χ4n) is 4.39. The van der Waals surface area contributed by atoms with Crippen LogP contribution in [0.1, 0.15) is 19.8 Å². The van der Waals surface area contributed by atoms with Gasteiger partial charge in [0.15, 0.2) is 0 Å². The van der Waals surface area contributed by atoms with E-state index in [4.69, 9.17) is 4.74 Å².